The molecular formula is C24H22F6N2O6S2. The van der Waals surface area contributed by atoms with Crippen LogP contribution in [0.2, 0.25) is 0 Å². The van der Waals surface area contributed by atoms with Gasteiger partial charge in [-0.15, -0.1) is 0 Å². The third kappa shape index (κ3) is 5.39. The lowest BCUT2D eigenvalue weighted by molar-refractivity contribution is -0.128. The first-order valence-electron chi connectivity index (χ1n) is 12.8. The van der Waals surface area contributed by atoms with Crippen LogP contribution < -0.4 is 9.46 Å². The van der Waals surface area contributed by atoms with Gasteiger partial charge in [-0.2, -0.15) is 8.78 Å². The fourth-order valence-electron chi connectivity index (χ4n) is 4.28. The summed E-state index contributed by atoms with van der Waals surface area (Å²) in [5.41, 5.74) is -4.01. The van der Waals surface area contributed by atoms with E-state index in [1.54, 1.807) is 11.6 Å². The van der Waals surface area contributed by atoms with Crippen molar-refractivity contribution in [3.8, 4) is 5.75 Å². The number of fused-ring (bicyclic) bond motifs is 1. The van der Waals surface area contributed by atoms with Crippen LogP contribution in [0.4, 0.5) is 32.0 Å². The molecule has 0 bridgehead atoms. The number of halogens is 6. The van der Waals surface area contributed by atoms with Gasteiger partial charge in [0.15, 0.2) is 17.4 Å². The first-order valence-corrected chi connectivity index (χ1v) is 14.2. The molecule has 0 unspecified atom stereocenters. The Morgan fingerprint density at radius 3 is 2.33 bits per heavy atom. The molecule has 0 amide bonds. The normalized spacial score (nSPS) is 19.2. The number of ether oxygens (including phenoxy) is 2. The minimum Gasteiger partial charge on any atom is -0.432 e. The van der Waals surface area contributed by atoms with E-state index in [0.29, 0.717) is 15.7 Å². The monoisotopic (exact) mass is 615 g/mol. The smallest absolute Gasteiger partial charge is 0.387 e. The Bertz CT molecular complexity index is 1750. The van der Waals surface area contributed by atoms with Crippen LogP contribution in [0.15, 0.2) is 52.4 Å². The fraction of sp³-hybridized carbons (Fsp3) is 0.333. The van der Waals surface area contributed by atoms with Gasteiger partial charge < -0.3 is 9.47 Å². The molecule has 1 aliphatic rings. The molecule has 40 heavy (non-hydrogen) atoms. The zero-order chi connectivity index (χ0) is 32.1. The molecule has 4 rings (SSSR count). The summed E-state index contributed by atoms with van der Waals surface area (Å²) in [6.45, 7) is -1.87. The quantitative estimate of drug-likeness (QED) is 0.345. The van der Waals surface area contributed by atoms with Crippen molar-refractivity contribution in [1.82, 2.24) is 3.97 Å². The highest BCUT2D eigenvalue weighted by Gasteiger charge is 2.47. The molecule has 1 aromatic heterocycles. The number of rotatable bonds is 9. The summed E-state index contributed by atoms with van der Waals surface area (Å²) in [4.78, 5) is -1.21. The van der Waals surface area contributed by atoms with Crippen molar-refractivity contribution in [3.63, 3.8) is 0 Å². The number of nitrogens with zero attached hydrogens (tertiary/aromatic N) is 1. The Kier molecular flexibility index (Phi) is 6.83. The lowest BCUT2D eigenvalue weighted by Crippen LogP contribution is -2.45. The van der Waals surface area contributed by atoms with Crippen LogP contribution >= 0.6 is 0 Å². The summed E-state index contributed by atoms with van der Waals surface area (Å²) in [7, 11) is -13.1. The number of methoxy groups -OCH3 is 1. The minimum atomic E-state index is -5.02. The van der Waals surface area contributed by atoms with E-state index in [1.807, 2.05) is 0 Å². The predicted molar refractivity (Wildman–Crippen MR) is 130 cm³/mol. The third-order valence-electron chi connectivity index (χ3n) is 6.36. The molecular weight excluding hydrogens is 590 g/mol. The average molecular weight is 616 g/mol. The molecule has 3 aromatic rings. The second kappa shape index (κ2) is 10.6. The highest BCUT2D eigenvalue weighted by molar-refractivity contribution is 7.93. The van der Waals surface area contributed by atoms with Crippen LogP contribution in [0.3, 0.4) is 0 Å². The Morgan fingerprint density at radius 2 is 1.73 bits per heavy atom. The van der Waals surface area contributed by atoms with Gasteiger partial charge in [0.1, 0.15) is 10.5 Å². The molecule has 8 nitrogen and oxygen atoms in total. The molecule has 0 fully saturated rings. The molecule has 16 heteroatoms. The molecule has 0 saturated carbocycles. The minimum absolute atomic E-state index is 0.158. The maximum absolute atomic E-state index is 14.6. The summed E-state index contributed by atoms with van der Waals surface area (Å²) < 4.78 is 169. The van der Waals surface area contributed by atoms with E-state index in [1.165, 1.54) is 24.3 Å². The molecule has 2 aromatic carbocycles. The maximum atomic E-state index is 14.6. The topological polar surface area (TPSA) is 104 Å². The number of sulfonamides is 1. The second-order valence-electron chi connectivity index (χ2n) is 8.92. The number of aryl methyl sites for hydroxylation is 1. The van der Waals surface area contributed by atoms with Gasteiger partial charge in [0, 0.05) is 37.5 Å². The van der Waals surface area contributed by atoms with Gasteiger partial charge in [-0.3, -0.25) is 4.72 Å². The maximum Gasteiger partial charge on any atom is 0.387 e. The van der Waals surface area contributed by atoms with Crippen molar-refractivity contribution in [2.24, 2.45) is 0 Å². The molecule has 1 atom stereocenters. The SMILES string of the molecule is [2H]C([2H])([2H])O[C@@]1(C(F)F)CCc2c(S(=O)(=O)Nc3cc(F)c(OC(F)F)cc3F)cn(S(=O)(=O)c3ccc(C)cc3)c2C1. The van der Waals surface area contributed by atoms with Crippen molar-refractivity contribution in [2.45, 2.75) is 54.6 Å². The number of alkyl halides is 4. The summed E-state index contributed by atoms with van der Waals surface area (Å²) in [5, 5.41) is 0. The first-order chi connectivity index (χ1) is 19.8. The molecule has 0 aliphatic heterocycles. The number of nitrogens with one attached hydrogen (secondary N) is 1. The average Bonchev–Trinajstić information content (AvgIpc) is 3.26. The number of aromatic nitrogens is 1. The van der Waals surface area contributed by atoms with Crippen LogP contribution in [-0.2, 0) is 37.6 Å². The van der Waals surface area contributed by atoms with Gasteiger partial charge >= 0.3 is 6.61 Å². The summed E-state index contributed by atoms with van der Waals surface area (Å²) in [5.74, 6) is -4.32. The van der Waals surface area contributed by atoms with E-state index in [4.69, 9.17) is 8.85 Å². The molecule has 0 spiro atoms. The van der Waals surface area contributed by atoms with Crippen LogP contribution in [0.5, 0.6) is 5.75 Å². The highest BCUT2D eigenvalue weighted by Crippen LogP contribution is 2.41. The first kappa shape index (κ1) is 25.7. The molecule has 0 radical (unpaired) electrons. The van der Waals surface area contributed by atoms with E-state index in [9.17, 15) is 43.2 Å². The number of anilines is 1. The fourth-order valence-corrected chi connectivity index (χ4v) is 7.11. The Balaban J connectivity index is 1.88. The van der Waals surface area contributed by atoms with Gasteiger partial charge in [-0.1, -0.05) is 17.7 Å². The van der Waals surface area contributed by atoms with Crippen molar-refractivity contribution in [1.29, 1.82) is 0 Å². The highest BCUT2D eigenvalue weighted by atomic mass is 32.2. The van der Waals surface area contributed by atoms with Gasteiger partial charge in [-0.25, -0.2) is 38.4 Å². The van der Waals surface area contributed by atoms with Gasteiger partial charge in [0.2, 0.25) is 0 Å². The van der Waals surface area contributed by atoms with Gasteiger partial charge in [-0.05, 0) is 37.5 Å². The third-order valence-corrected chi connectivity index (χ3v) is 9.49. The summed E-state index contributed by atoms with van der Waals surface area (Å²) >= 11 is 0. The van der Waals surface area contributed by atoms with Crippen molar-refractivity contribution >= 4 is 25.7 Å². The van der Waals surface area contributed by atoms with Gasteiger partial charge in [0.25, 0.3) is 26.5 Å². The van der Waals surface area contributed by atoms with Crippen LogP contribution in [0.25, 0.3) is 0 Å². The van der Waals surface area contributed by atoms with Crippen molar-refractivity contribution in [3.05, 3.63) is 71.1 Å². The second-order valence-corrected chi connectivity index (χ2v) is 12.4. The lowest BCUT2D eigenvalue weighted by Gasteiger charge is -2.35. The number of benzene rings is 2. The lowest BCUT2D eigenvalue weighted by atomic mass is 9.84. The van der Waals surface area contributed by atoms with Crippen LogP contribution in [0.1, 0.15) is 27.4 Å². The Morgan fingerprint density at radius 1 is 1.05 bits per heavy atom. The summed E-state index contributed by atoms with van der Waals surface area (Å²) in [6, 6.07) is 5.55. The van der Waals surface area contributed by atoms with Crippen LogP contribution in [-0.4, -0.2) is 46.5 Å². The van der Waals surface area contributed by atoms with E-state index in [2.05, 4.69) is 4.74 Å². The van der Waals surface area contributed by atoms with E-state index < -0.39 is 98.6 Å². The zero-order valence-electron chi connectivity index (χ0n) is 23.3. The van der Waals surface area contributed by atoms with E-state index in [-0.39, 0.29) is 22.6 Å². The van der Waals surface area contributed by atoms with Crippen LogP contribution in [0, 0.1) is 18.6 Å². The van der Waals surface area contributed by atoms with Crippen molar-refractivity contribution < 1.29 is 56.8 Å². The zero-order valence-corrected chi connectivity index (χ0v) is 21.9. The molecule has 1 N–H and O–H groups in total. The molecule has 218 valence electrons. The van der Waals surface area contributed by atoms with Gasteiger partial charge in [0.05, 0.1) is 14.7 Å². The number of hydrogen-bond acceptors (Lipinski definition) is 6. The standard InChI is InChI=1S/C24H22F6N2O6S2/c1-13-3-5-14(6-4-13)40(35,36)32-12-21(15-7-8-24(37-2,22(27)28)11-19(15)32)39(33,34)31-18-9-17(26)20(10-16(18)25)38-23(29)30/h3-6,9-10,12,22-23,31H,7-8,11H2,1-2H3/t24-/m0/s1/i2D3. The molecule has 1 heterocycles. The Hall–Kier alpha value is -3.24. The largest absolute Gasteiger partial charge is 0.432 e. The predicted octanol–water partition coefficient (Wildman–Crippen LogP) is 4.85. The van der Waals surface area contributed by atoms with E-state index in [0.717, 1.165) is 0 Å². The Labute approximate surface area is 229 Å². The van der Waals surface area contributed by atoms with Crippen molar-refractivity contribution in [2.75, 3.05) is 11.8 Å². The summed E-state index contributed by atoms with van der Waals surface area (Å²) in [6.07, 6.45) is -5.31. The molecule has 1 aliphatic carbocycles. The van der Waals surface area contributed by atoms with E-state index >= 15 is 0 Å². The number of hydrogen-bond donors (Lipinski definition) is 1. The molecule has 0 saturated heterocycles.